The number of aromatic nitrogens is 1. The van der Waals surface area contributed by atoms with E-state index in [2.05, 4.69) is 10.3 Å². The third-order valence-corrected chi connectivity index (χ3v) is 5.02. The van der Waals surface area contributed by atoms with Crippen LogP contribution in [0.5, 0.6) is 5.75 Å². The summed E-state index contributed by atoms with van der Waals surface area (Å²) in [7, 11) is 0. The molecule has 5 nitrogen and oxygen atoms in total. The van der Waals surface area contributed by atoms with Gasteiger partial charge in [0.05, 0.1) is 12.7 Å². The standard InChI is InChI=1S/C18H22N2O3S/c1-12(2)23-14-5-3-13(4-6-14)17-20-15(9-24-17)16(22)19-10-18(11-21)7-8-18/h3-6,9,12,21H,7-8,10-11H2,1-2H3,(H,19,22). The molecule has 0 saturated heterocycles. The molecule has 24 heavy (non-hydrogen) atoms. The van der Waals surface area contributed by atoms with Crippen molar-refractivity contribution >= 4 is 17.2 Å². The summed E-state index contributed by atoms with van der Waals surface area (Å²) in [6.07, 6.45) is 2.08. The van der Waals surface area contributed by atoms with Crippen LogP contribution in [0.4, 0.5) is 0 Å². The molecular weight excluding hydrogens is 324 g/mol. The molecule has 1 aliphatic carbocycles. The summed E-state index contributed by atoms with van der Waals surface area (Å²) in [5, 5.41) is 14.7. The Hall–Kier alpha value is -1.92. The van der Waals surface area contributed by atoms with E-state index in [4.69, 9.17) is 4.74 Å². The van der Waals surface area contributed by atoms with E-state index in [9.17, 15) is 9.90 Å². The Morgan fingerprint density at radius 1 is 1.38 bits per heavy atom. The first-order valence-electron chi connectivity index (χ1n) is 8.13. The van der Waals surface area contributed by atoms with Gasteiger partial charge in [0.15, 0.2) is 0 Å². The highest BCUT2D eigenvalue weighted by atomic mass is 32.1. The fourth-order valence-corrected chi connectivity index (χ4v) is 3.19. The van der Waals surface area contributed by atoms with E-state index in [1.807, 2.05) is 38.1 Å². The van der Waals surface area contributed by atoms with Crippen molar-refractivity contribution in [3.8, 4) is 16.3 Å². The molecule has 3 rings (SSSR count). The third kappa shape index (κ3) is 3.94. The van der Waals surface area contributed by atoms with Crippen molar-refractivity contribution in [1.29, 1.82) is 0 Å². The zero-order valence-corrected chi connectivity index (χ0v) is 14.7. The molecule has 1 heterocycles. The van der Waals surface area contributed by atoms with Crippen molar-refractivity contribution in [2.24, 2.45) is 5.41 Å². The zero-order valence-electron chi connectivity index (χ0n) is 13.9. The number of thiazole rings is 1. The summed E-state index contributed by atoms with van der Waals surface area (Å²) < 4.78 is 5.63. The molecule has 2 N–H and O–H groups in total. The molecule has 1 aromatic carbocycles. The highest BCUT2D eigenvalue weighted by molar-refractivity contribution is 7.13. The minimum Gasteiger partial charge on any atom is -0.491 e. The van der Waals surface area contributed by atoms with Crippen LogP contribution in [0.15, 0.2) is 29.6 Å². The molecule has 1 aromatic heterocycles. The number of hydrogen-bond donors (Lipinski definition) is 2. The molecule has 128 valence electrons. The molecule has 2 aromatic rings. The van der Waals surface area contributed by atoms with Crippen LogP contribution in [0.2, 0.25) is 0 Å². The van der Waals surface area contributed by atoms with Gasteiger partial charge in [-0.25, -0.2) is 4.98 Å². The molecule has 0 unspecified atom stereocenters. The van der Waals surface area contributed by atoms with Crippen molar-refractivity contribution in [2.45, 2.75) is 32.8 Å². The topological polar surface area (TPSA) is 71.5 Å². The summed E-state index contributed by atoms with van der Waals surface area (Å²) in [6.45, 7) is 4.61. The Kier molecular flexibility index (Phi) is 4.87. The lowest BCUT2D eigenvalue weighted by molar-refractivity contribution is 0.0931. The van der Waals surface area contributed by atoms with Gasteiger partial charge in [-0.2, -0.15) is 0 Å². The highest BCUT2D eigenvalue weighted by Gasteiger charge is 2.42. The van der Waals surface area contributed by atoms with Gasteiger partial charge in [-0.1, -0.05) is 0 Å². The molecule has 0 aliphatic heterocycles. The molecule has 0 radical (unpaired) electrons. The Bertz CT molecular complexity index is 705. The fourth-order valence-electron chi connectivity index (χ4n) is 2.38. The Balaban J connectivity index is 1.63. The molecule has 6 heteroatoms. The number of ether oxygens (including phenoxy) is 1. The normalized spacial score (nSPS) is 15.3. The number of carbonyl (C=O) groups is 1. The molecule has 1 fully saturated rings. The zero-order chi connectivity index (χ0) is 17.2. The SMILES string of the molecule is CC(C)Oc1ccc(-c2nc(C(=O)NCC3(CO)CC3)cs2)cc1. The van der Waals surface area contributed by atoms with Crippen LogP contribution in [-0.2, 0) is 0 Å². The molecule has 1 aliphatic rings. The van der Waals surface area contributed by atoms with Crippen molar-refractivity contribution in [2.75, 3.05) is 13.2 Å². The fraction of sp³-hybridized carbons (Fsp3) is 0.444. The van der Waals surface area contributed by atoms with Gasteiger partial charge in [0.25, 0.3) is 5.91 Å². The van der Waals surface area contributed by atoms with Gasteiger partial charge >= 0.3 is 0 Å². The second-order valence-electron chi connectivity index (χ2n) is 6.57. The predicted molar refractivity (Wildman–Crippen MR) is 94.4 cm³/mol. The number of nitrogens with one attached hydrogen (secondary N) is 1. The molecule has 0 bridgehead atoms. The lowest BCUT2D eigenvalue weighted by atomic mass is 10.1. The van der Waals surface area contributed by atoms with Crippen molar-refractivity contribution in [3.63, 3.8) is 0 Å². The van der Waals surface area contributed by atoms with Crippen LogP contribution in [0.1, 0.15) is 37.2 Å². The summed E-state index contributed by atoms with van der Waals surface area (Å²) in [5.74, 6) is 0.638. The molecular formula is C18H22N2O3S. The minimum atomic E-state index is -0.183. The average molecular weight is 346 g/mol. The van der Waals surface area contributed by atoms with Crippen LogP contribution >= 0.6 is 11.3 Å². The Morgan fingerprint density at radius 3 is 2.67 bits per heavy atom. The van der Waals surface area contributed by atoms with Crippen molar-refractivity contribution < 1.29 is 14.6 Å². The van der Waals surface area contributed by atoms with Crippen LogP contribution in [-0.4, -0.2) is 35.3 Å². The van der Waals surface area contributed by atoms with Gasteiger partial charge in [-0.05, 0) is 51.0 Å². The monoisotopic (exact) mass is 346 g/mol. The number of aliphatic hydroxyl groups is 1. The van der Waals surface area contributed by atoms with Crippen molar-refractivity contribution in [1.82, 2.24) is 10.3 Å². The summed E-state index contributed by atoms with van der Waals surface area (Å²) >= 11 is 1.44. The summed E-state index contributed by atoms with van der Waals surface area (Å²) in [5.41, 5.74) is 1.29. The number of rotatable bonds is 7. The van der Waals surface area contributed by atoms with Gasteiger partial charge in [0.2, 0.25) is 0 Å². The van der Waals surface area contributed by atoms with E-state index < -0.39 is 0 Å². The first-order valence-corrected chi connectivity index (χ1v) is 9.01. The van der Waals surface area contributed by atoms with E-state index in [0.717, 1.165) is 29.2 Å². The number of carbonyl (C=O) groups excluding carboxylic acids is 1. The Morgan fingerprint density at radius 2 is 2.08 bits per heavy atom. The first-order chi connectivity index (χ1) is 11.5. The summed E-state index contributed by atoms with van der Waals surface area (Å²) in [6, 6.07) is 7.72. The average Bonchev–Trinajstić information content (AvgIpc) is 3.19. The van der Waals surface area contributed by atoms with Gasteiger partial charge in [-0.15, -0.1) is 11.3 Å². The smallest absolute Gasteiger partial charge is 0.270 e. The molecule has 0 spiro atoms. The van der Waals surface area contributed by atoms with E-state index in [1.165, 1.54) is 11.3 Å². The number of benzene rings is 1. The van der Waals surface area contributed by atoms with Gasteiger partial charge in [0, 0.05) is 22.9 Å². The van der Waals surface area contributed by atoms with E-state index in [0.29, 0.717) is 12.2 Å². The lowest BCUT2D eigenvalue weighted by Gasteiger charge is -2.11. The predicted octanol–water partition coefficient (Wildman–Crippen LogP) is 3.10. The molecule has 1 amide bonds. The Labute approximate surface area is 145 Å². The van der Waals surface area contributed by atoms with Crippen molar-refractivity contribution in [3.05, 3.63) is 35.3 Å². The quantitative estimate of drug-likeness (QED) is 0.808. The van der Waals surface area contributed by atoms with E-state index in [1.54, 1.807) is 5.38 Å². The third-order valence-electron chi connectivity index (χ3n) is 4.13. The maximum atomic E-state index is 12.2. The second-order valence-corrected chi connectivity index (χ2v) is 7.43. The number of aliphatic hydroxyl groups excluding tert-OH is 1. The molecule has 0 atom stereocenters. The number of hydrogen-bond acceptors (Lipinski definition) is 5. The van der Waals surface area contributed by atoms with Crippen LogP contribution in [0.25, 0.3) is 10.6 Å². The number of amides is 1. The number of nitrogens with zero attached hydrogens (tertiary/aromatic N) is 1. The van der Waals surface area contributed by atoms with Crippen LogP contribution in [0.3, 0.4) is 0 Å². The lowest BCUT2D eigenvalue weighted by Crippen LogP contribution is -2.32. The van der Waals surface area contributed by atoms with Gasteiger partial charge in [-0.3, -0.25) is 4.79 Å². The van der Waals surface area contributed by atoms with Gasteiger partial charge in [0.1, 0.15) is 16.5 Å². The maximum Gasteiger partial charge on any atom is 0.270 e. The van der Waals surface area contributed by atoms with Crippen LogP contribution in [0, 0.1) is 5.41 Å². The van der Waals surface area contributed by atoms with E-state index in [-0.39, 0.29) is 24.0 Å². The van der Waals surface area contributed by atoms with Crippen LogP contribution < -0.4 is 10.1 Å². The maximum absolute atomic E-state index is 12.2. The molecule has 1 saturated carbocycles. The first kappa shape index (κ1) is 16.9. The minimum absolute atomic E-state index is 0.0965. The highest BCUT2D eigenvalue weighted by Crippen LogP contribution is 2.44. The largest absolute Gasteiger partial charge is 0.491 e. The second kappa shape index (κ2) is 6.91. The van der Waals surface area contributed by atoms with E-state index >= 15 is 0 Å². The summed E-state index contributed by atoms with van der Waals surface area (Å²) in [4.78, 5) is 16.6. The van der Waals surface area contributed by atoms with Gasteiger partial charge < -0.3 is 15.2 Å².